The standard InChI is InChI=1S/C10H10BrN5OS/c1-16-10(14-4-15-16)18-8-2-5(9(13)17)7(12)3-6(8)11/h2-4H,12H2,1H3,(H2,13,17). The highest BCUT2D eigenvalue weighted by Gasteiger charge is 2.13. The van der Waals surface area contributed by atoms with Gasteiger partial charge in [-0.25, -0.2) is 9.67 Å². The molecule has 0 atom stereocenters. The molecule has 6 nitrogen and oxygen atoms in total. The molecule has 18 heavy (non-hydrogen) atoms. The highest BCUT2D eigenvalue weighted by atomic mass is 79.9. The second-order valence-electron chi connectivity index (χ2n) is 3.50. The number of halogens is 1. The van der Waals surface area contributed by atoms with Gasteiger partial charge in [0.2, 0.25) is 0 Å². The van der Waals surface area contributed by atoms with Crippen molar-refractivity contribution in [1.29, 1.82) is 0 Å². The van der Waals surface area contributed by atoms with Crippen molar-refractivity contribution >= 4 is 39.3 Å². The number of nitrogens with zero attached hydrogens (tertiary/aromatic N) is 3. The number of carbonyl (C=O) groups excluding carboxylic acids is 1. The van der Waals surface area contributed by atoms with Crippen molar-refractivity contribution in [3.8, 4) is 0 Å². The summed E-state index contributed by atoms with van der Waals surface area (Å²) >= 11 is 4.76. The SMILES string of the molecule is Cn1ncnc1Sc1cc(C(N)=O)c(N)cc1Br. The summed E-state index contributed by atoms with van der Waals surface area (Å²) in [4.78, 5) is 16.1. The first kappa shape index (κ1) is 12.9. The van der Waals surface area contributed by atoms with Gasteiger partial charge in [0.1, 0.15) is 6.33 Å². The van der Waals surface area contributed by atoms with Gasteiger partial charge < -0.3 is 11.5 Å². The molecule has 2 aromatic rings. The van der Waals surface area contributed by atoms with Gasteiger partial charge in [-0.3, -0.25) is 4.79 Å². The van der Waals surface area contributed by atoms with Crippen molar-refractivity contribution in [3.05, 3.63) is 28.5 Å². The van der Waals surface area contributed by atoms with Crippen LogP contribution in [0.2, 0.25) is 0 Å². The maximum absolute atomic E-state index is 11.2. The van der Waals surface area contributed by atoms with Crippen LogP contribution in [0.5, 0.6) is 0 Å². The Morgan fingerprint density at radius 2 is 2.22 bits per heavy atom. The van der Waals surface area contributed by atoms with E-state index < -0.39 is 5.91 Å². The lowest BCUT2D eigenvalue weighted by atomic mass is 10.2. The molecule has 0 saturated heterocycles. The number of carbonyl (C=O) groups is 1. The number of nitrogen functional groups attached to an aromatic ring is 1. The van der Waals surface area contributed by atoms with Crippen LogP contribution in [0.1, 0.15) is 10.4 Å². The Kier molecular flexibility index (Phi) is 3.58. The lowest BCUT2D eigenvalue weighted by Gasteiger charge is -2.08. The minimum absolute atomic E-state index is 0.294. The monoisotopic (exact) mass is 327 g/mol. The van der Waals surface area contributed by atoms with E-state index in [0.717, 1.165) is 9.37 Å². The van der Waals surface area contributed by atoms with Crippen molar-refractivity contribution < 1.29 is 4.79 Å². The summed E-state index contributed by atoms with van der Waals surface area (Å²) in [5.41, 5.74) is 11.6. The Morgan fingerprint density at radius 3 is 2.78 bits per heavy atom. The minimum atomic E-state index is -0.556. The van der Waals surface area contributed by atoms with Crippen LogP contribution in [0.4, 0.5) is 5.69 Å². The molecule has 0 unspecified atom stereocenters. The number of primary amides is 1. The molecular weight excluding hydrogens is 318 g/mol. The summed E-state index contributed by atoms with van der Waals surface area (Å²) in [6, 6.07) is 3.29. The Bertz CT molecular complexity index is 612. The molecule has 0 fully saturated rings. The van der Waals surface area contributed by atoms with Gasteiger partial charge in [-0.2, -0.15) is 5.10 Å². The van der Waals surface area contributed by atoms with Gasteiger partial charge in [0.15, 0.2) is 5.16 Å². The predicted octanol–water partition coefficient (Wildman–Crippen LogP) is 1.41. The number of benzene rings is 1. The third-order valence-corrected chi connectivity index (χ3v) is 4.27. The largest absolute Gasteiger partial charge is 0.398 e. The number of hydrogen-bond donors (Lipinski definition) is 2. The zero-order valence-corrected chi connectivity index (χ0v) is 11.8. The van der Waals surface area contributed by atoms with E-state index in [2.05, 4.69) is 26.0 Å². The molecule has 0 bridgehead atoms. The van der Waals surface area contributed by atoms with E-state index in [4.69, 9.17) is 11.5 Å². The zero-order chi connectivity index (χ0) is 13.3. The van der Waals surface area contributed by atoms with Crippen molar-refractivity contribution in [2.75, 3.05) is 5.73 Å². The van der Waals surface area contributed by atoms with Crippen LogP contribution in [0, 0.1) is 0 Å². The number of aromatic nitrogens is 3. The van der Waals surface area contributed by atoms with E-state index >= 15 is 0 Å². The number of anilines is 1. The second kappa shape index (κ2) is 4.99. The molecule has 1 heterocycles. The maximum atomic E-state index is 11.2. The summed E-state index contributed by atoms with van der Waals surface area (Å²) in [5, 5.41) is 4.68. The Labute approximate surface area is 116 Å². The van der Waals surface area contributed by atoms with E-state index in [9.17, 15) is 4.79 Å². The van der Waals surface area contributed by atoms with E-state index in [1.165, 1.54) is 18.1 Å². The average Bonchev–Trinajstić information content (AvgIpc) is 2.67. The van der Waals surface area contributed by atoms with Gasteiger partial charge >= 0.3 is 0 Å². The smallest absolute Gasteiger partial charge is 0.250 e. The van der Waals surface area contributed by atoms with Gasteiger partial charge in [0, 0.05) is 22.1 Å². The molecule has 0 saturated carbocycles. The summed E-state index contributed by atoms with van der Waals surface area (Å²) in [6.45, 7) is 0. The third kappa shape index (κ3) is 2.49. The number of hydrogen-bond acceptors (Lipinski definition) is 5. The highest BCUT2D eigenvalue weighted by Crippen LogP contribution is 2.34. The molecule has 1 amide bonds. The molecule has 4 N–H and O–H groups in total. The van der Waals surface area contributed by atoms with Crippen LogP contribution in [0.3, 0.4) is 0 Å². The molecule has 1 aromatic carbocycles. The average molecular weight is 328 g/mol. The van der Waals surface area contributed by atoms with Gasteiger partial charge in [-0.15, -0.1) is 0 Å². The molecule has 2 rings (SSSR count). The summed E-state index contributed by atoms with van der Waals surface area (Å²) in [7, 11) is 1.79. The first-order valence-corrected chi connectivity index (χ1v) is 6.50. The molecule has 1 aromatic heterocycles. The second-order valence-corrected chi connectivity index (χ2v) is 5.37. The first-order valence-electron chi connectivity index (χ1n) is 4.89. The van der Waals surface area contributed by atoms with Gasteiger partial charge in [-0.05, 0) is 39.8 Å². The topological polar surface area (TPSA) is 99.8 Å². The van der Waals surface area contributed by atoms with Crippen molar-refractivity contribution in [1.82, 2.24) is 14.8 Å². The predicted molar refractivity (Wildman–Crippen MR) is 72.2 cm³/mol. The summed E-state index contributed by atoms with van der Waals surface area (Å²) in [6.07, 6.45) is 1.46. The molecule has 8 heteroatoms. The lowest BCUT2D eigenvalue weighted by molar-refractivity contribution is 0.100. The van der Waals surface area contributed by atoms with Crippen LogP contribution in [0.15, 0.2) is 33.0 Å². The Hall–Kier alpha value is -1.54. The fourth-order valence-corrected chi connectivity index (χ4v) is 2.75. The number of aryl methyl sites for hydroxylation is 1. The Balaban J connectivity index is 2.42. The van der Waals surface area contributed by atoms with Crippen LogP contribution in [-0.2, 0) is 7.05 Å². The van der Waals surface area contributed by atoms with Crippen LogP contribution >= 0.6 is 27.7 Å². The van der Waals surface area contributed by atoms with Crippen molar-refractivity contribution in [3.63, 3.8) is 0 Å². The fourth-order valence-electron chi connectivity index (χ4n) is 1.34. The molecule has 0 aliphatic carbocycles. The number of rotatable bonds is 3. The van der Waals surface area contributed by atoms with E-state index in [-0.39, 0.29) is 0 Å². The minimum Gasteiger partial charge on any atom is -0.398 e. The maximum Gasteiger partial charge on any atom is 0.250 e. The Morgan fingerprint density at radius 1 is 1.50 bits per heavy atom. The lowest BCUT2D eigenvalue weighted by Crippen LogP contribution is -2.13. The normalized spacial score (nSPS) is 10.6. The first-order chi connectivity index (χ1) is 8.49. The van der Waals surface area contributed by atoms with E-state index in [1.54, 1.807) is 23.9 Å². The van der Waals surface area contributed by atoms with Crippen LogP contribution in [-0.4, -0.2) is 20.7 Å². The van der Waals surface area contributed by atoms with Crippen LogP contribution < -0.4 is 11.5 Å². The molecule has 94 valence electrons. The van der Waals surface area contributed by atoms with Gasteiger partial charge in [0.25, 0.3) is 5.91 Å². The van der Waals surface area contributed by atoms with Gasteiger partial charge in [0.05, 0.1) is 5.56 Å². The molecule has 0 spiro atoms. The van der Waals surface area contributed by atoms with E-state index in [1.807, 2.05) is 0 Å². The van der Waals surface area contributed by atoms with E-state index in [0.29, 0.717) is 16.4 Å². The molecular formula is C10H10BrN5OS. The van der Waals surface area contributed by atoms with Gasteiger partial charge in [-0.1, -0.05) is 0 Å². The molecule has 0 aliphatic rings. The number of amides is 1. The highest BCUT2D eigenvalue weighted by molar-refractivity contribution is 9.10. The molecule has 0 aliphatic heterocycles. The fraction of sp³-hybridized carbons (Fsp3) is 0.100. The summed E-state index contributed by atoms with van der Waals surface area (Å²) < 4.78 is 2.41. The molecule has 0 radical (unpaired) electrons. The van der Waals surface area contributed by atoms with Crippen molar-refractivity contribution in [2.45, 2.75) is 10.1 Å². The third-order valence-electron chi connectivity index (χ3n) is 2.24. The quantitative estimate of drug-likeness (QED) is 0.830. The van der Waals surface area contributed by atoms with Crippen LogP contribution in [0.25, 0.3) is 0 Å². The summed E-state index contributed by atoms with van der Waals surface area (Å²) in [5.74, 6) is -0.556. The van der Waals surface area contributed by atoms with Crippen molar-refractivity contribution in [2.24, 2.45) is 12.8 Å². The zero-order valence-electron chi connectivity index (χ0n) is 9.42. The number of nitrogens with two attached hydrogens (primary N) is 2.